The van der Waals surface area contributed by atoms with Gasteiger partial charge < -0.3 is 9.47 Å². The lowest BCUT2D eigenvalue weighted by Crippen LogP contribution is -2.19. The van der Waals surface area contributed by atoms with E-state index in [1.165, 1.54) is 7.11 Å². The number of rotatable bonds is 4. The number of hydrogen-bond acceptors (Lipinski definition) is 3. The lowest BCUT2D eigenvalue weighted by Gasteiger charge is -2.07. The molecule has 3 nitrogen and oxygen atoms in total. The summed E-state index contributed by atoms with van der Waals surface area (Å²) in [6.45, 7) is 0.215. The van der Waals surface area contributed by atoms with Gasteiger partial charge in [0.05, 0.1) is 0 Å². The summed E-state index contributed by atoms with van der Waals surface area (Å²) in [7, 11) is 1.35. The summed E-state index contributed by atoms with van der Waals surface area (Å²) < 4.78 is 9.48. The maximum Gasteiger partial charge on any atom is 0.351 e. The van der Waals surface area contributed by atoms with Gasteiger partial charge in [-0.25, -0.2) is 4.79 Å². The Kier molecular flexibility index (Phi) is 4.43. The third-order valence-electron chi connectivity index (χ3n) is 1.62. The van der Waals surface area contributed by atoms with Gasteiger partial charge >= 0.3 is 5.97 Å². The molecule has 1 aromatic rings. The Bertz CT molecular complexity index is 287. The second-order valence-corrected chi connectivity index (χ2v) is 3.04. The lowest BCUT2D eigenvalue weighted by atomic mass is 10.2. The molecular formula is C10H11ClO3. The number of esters is 1. The quantitative estimate of drug-likeness (QED) is 0.568. The van der Waals surface area contributed by atoms with Crippen molar-refractivity contribution >= 4 is 17.6 Å². The topological polar surface area (TPSA) is 35.5 Å². The van der Waals surface area contributed by atoms with Gasteiger partial charge in [-0.3, -0.25) is 0 Å². The van der Waals surface area contributed by atoms with E-state index < -0.39 is 11.5 Å². The summed E-state index contributed by atoms with van der Waals surface area (Å²) in [6.07, 6.45) is 0. The van der Waals surface area contributed by atoms with Gasteiger partial charge in [0.2, 0.25) is 5.56 Å². The van der Waals surface area contributed by atoms with Crippen LogP contribution in [-0.4, -0.2) is 18.6 Å². The monoisotopic (exact) mass is 214 g/mol. The van der Waals surface area contributed by atoms with Crippen molar-refractivity contribution in [2.75, 3.05) is 7.11 Å². The Balaban J connectivity index is 2.38. The SMILES string of the molecule is COC(Cl)C(=O)OCc1ccccc1. The Labute approximate surface area is 87.6 Å². The van der Waals surface area contributed by atoms with E-state index in [1.54, 1.807) is 0 Å². The fourth-order valence-corrected chi connectivity index (χ4v) is 0.953. The van der Waals surface area contributed by atoms with E-state index in [4.69, 9.17) is 16.3 Å². The van der Waals surface area contributed by atoms with Crippen molar-refractivity contribution in [3.05, 3.63) is 35.9 Å². The third-order valence-corrected chi connectivity index (χ3v) is 1.97. The molecule has 0 heterocycles. The molecule has 1 unspecified atom stereocenters. The molecule has 0 saturated heterocycles. The van der Waals surface area contributed by atoms with Crippen LogP contribution < -0.4 is 0 Å². The van der Waals surface area contributed by atoms with Crippen LogP contribution in [0, 0.1) is 0 Å². The Morgan fingerprint density at radius 3 is 2.64 bits per heavy atom. The average Bonchev–Trinajstić information content (AvgIpc) is 2.26. The molecule has 4 heteroatoms. The zero-order valence-electron chi connectivity index (χ0n) is 7.77. The number of halogens is 1. The molecule has 0 bridgehead atoms. The fraction of sp³-hybridized carbons (Fsp3) is 0.300. The highest BCUT2D eigenvalue weighted by atomic mass is 35.5. The Hall–Kier alpha value is -1.06. The summed E-state index contributed by atoms with van der Waals surface area (Å²) in [5.74, 6) is -0.571. The van der Waals surface area contributed by atoms with Crippen LogP contribution >= 0.6 is 11.6 Å². The van der Waals surface area contributed by atoms with Crippen LogP contribution in [0.25, 0.3) is 0 Å². The third kappa shape index (κ3) is 3.36. The van der Waals surface area contributed by atoms with E-state index >= 15 is 0 Å². The van der Waals surface area contributed by atoms with Crippen LogP contribution in [0.2, 0.25) is 0 Å². The first-order valence-electron chi connectivity index (χ1n) is 4.11. The number of ether oxygens (including phenoxy) is 2. The van der Waals surface area contributed by atoms with Gasteiger partial charge in [0.25, 0.3) is 0 Å². The summed E-state index contributed by atoms with van der Waals surface area (Å²) in [5, 5.41) is 0. The summed E-state index contributed by atoms with van der Waals surface area (Å²) in [6, 6.07) is 9.37. The predicted octanol–water partition coefficient (Wildman–Crippen LogP) is 1.94. The van der Waals surface area contributed by atoms with Crippen molar-refractivity contribution in [3.63, 3.8) is 0 Å². The molecule has 0 aliphatic heterocycles. The van der Waals surface area contributed by atoms with Gasteiger partial charge in [-0.15, -0.1) is 0 Å². The molecule has 0 fully saturated rings. The van der Waals surface area contributed by atoms with Crippen LogP contribution in [0.1, 0.15) is 5.56 Å². The zero-order chi connectivity index (χ0) is 10.4. The molecule has 0 radical (unpaired) electrons. The molecule has 76 valence electrons. The van der Waals surface area contributed by atoms with E-state index in [9.17, 15) is 4.79 Å². The molecule has 0 amide bonds. The van der Waals surface area contributed by atoms with Crippen molar-refractivity contribution in [3.8, 4) is 0 Å². The molecule has 14 heavy (non-hydrogen) atoms. The van der Waals surface area contributed by atoms with Gasteiger partial charge in [-0.05, 0) is 5.56 Å². The van der Waals surface area contributed by atoms with Gasteiger partial charge in [-0.2, -0.15) is 0 Å². The highest BCUT2D eigenvalue weighted by Gasteiger charge is 2.15. The first-order chi connectivity index (χ1) is 6.74. The average molecular weight is 215 g/mol. The molecule has 0 aromatic heterocycles. The van der Waals surface area contributed by atoms with E-state index in [0.29, 0.717) is 0 Å². The van der Waals surface area contributed by atoms with Gasteiger partial charge in [-0.1, -0.05) is 41.9 Å². The molecule has 0 saturated carbocycles. The number of benzene rings is 1. The van der Waals surface area contributed by atoms with E-state index in [1.807, 2.05) is 30.3 Å². The van der Waals surface area contributed by atoms with Crippen LogP contribution in [0.15, 0.2) is 30.3 Å². The molecule has 1 rings (SSSR count). The lowest BCUT2D eigenvalue weighted by molar-refractivity contribution is -0.151. The maximum absolute atomic E-state index is 11.1. The molecule has 0 aliphatic carbocycles. The normalized spacial score (nSPS) is 12.1. The zero-order valence-corrected chi connectivity index (χ0v) is 8.53. The number of methoxy groups -OCH3 is 1. The Morgan fingerprint density at radius 2 is 2.07 bits per heavy atom. The smallest absolute Gasteiger partial charge is 0.351 e. The minimum atomic E-state index is -1.03. The van der Waals surface area contributed by atoms with E-state index in [2.05, 4.69) is 4.74 Å². The van der Waals surface area contributed by atoms with Crippen LogP contribution in [0.4, 0.5) is 0 Å². The van der Waals surface area contributed by atoms with E-state index in [0.717, 1.165) is 5.56 Å². The van der Waals surface area contributed by atoms with Crippen molar-refractivity contribution in [2.45, 2.75) is 12.2 Å². The number of alkyl halides is 1. The number of carbonyl (C=O) groups is 1. The van der Waals surface area contributed by atoms with Crippen molar-refractivity contribution < 1.29 is 14.3 Å². The number of hydrogen-bond donors (Lipinski definition) is 0. The highest BCUT2D eigenvalue weighted by Crippen LogP contribution is 2.04. The second-order valence-electron chi connectivity index (χ2n) is 2.65. The fourth-order valence-electron chi connectivity index (χ4n) is 0.890. The number of carbonyl (C=O) groups excluding carboxylic acids is 1. The second kappa shape index (κ2) is 5.62. The predicted molar refractivity (Wildman–Crippen MR) is 52.9 cm³/mol. The van der Waals surface area contributed by atoms with Crippen molar-refractivity contribution in [1.29, 1.82) is 0 Å². The summed E-state index contributed by atoms with van der Waals surface area (Å²) >= 11 is 5.49. The summed E-state index contributed by atoms with van der Waals surface area (Å²) in [4.78, 5) is 11.1. The van der Waals surface area contributed by atoms with Crippen molar-refractivity contribution in [2.24, 2.45) is 0 Å². The van der Waals surface area contributed by atoms with Crippen LogP contribution in [0.5, 0.6) is 0 Å². The first kappa shape index (κ1) is 11.0. The largest absolute Gasteiger partial charge is 0.458 e. The molecular weight excluding hydrogens is 204 g/mol. The van der Waals surface area contributed by atoms with Gasteiger partial charge in [0, 0.05) is 7.11 Å². The molecule has 0 spiro atoms. The van der Waals surface area contributed by atoms with E-state index in [-0.39, 0.29) is 6.61 Å². The van der Waals surface area contributed by atoms with Gasteiger partial charge in [0.1, 0.15) is 6.61 Å². The standard InChI is InChI=1S/C10H11ClO3/c1-13-9(11)10(12)14-7-8-5-3-2-4-6-8/h2-6,9H,7H2,1H3. The molecule has 0 N–H and O–H groups in total. The van der Waals surface area contributed by atoms with Crippen LogP contribution in [0.3, 0.4) is 0 Å². The van der Waals surface area contributed by atoms with Crippen LogP contribution in [-0.2, 0) is 20.9 Å². The molecule has 1 atom stereocenters. The highest BCUT2D eigenvalue weighted by molar-refractivity contribution is 6.28. The maximum atomic E-state index is 11.1. The first-order valence-corrected chi connectivity index (χ1v) is 4.55. The minimum Gasteiger partial charge on any atom is -0.458 e. The van der Waals surface area contributed by atoms with Gasteiger partial charge in [0.15, 0.2) is 0 Å². The summed E-state index contributed by atoms with van der Waals surface area (Å²) in [5.41, 5.74) is -0.112. The molecule has 1 aromatic carbocycles. The molecule has 0 aliphatic rings. The Morgan fingerprint density at radius 1 is 1.43 bits per heavy atom. The minimum absolute atomic E-state index is 0.215. The van der Waals surface area contributed by atoms with Crippen molar-refractivity contribution in [1.82, 2.24) is 0 Å².